The van der Waals surface area contributed by atoms with Gasteiger partial charge in [-0.1, -0.05) is 0 Å². The Morgan fingerprint density at radius 2 is 2.05 bits per heavy atom. The predicted octanol–water partition coefficient (Wildman–Crippen LogP) is 1.47. The lowest BCUT2D eigenvalue weighted by molar-refractivity contribution is -0.141. The summed E-state index contributed by atoms with van der Waals surface area (Å²) in [7, 11) is 0. The Kier molecular flexibility index (Phi) is 4.77. The maximum Gasteiger partial charge on any atom is 0.433 e. The first-order valence-corrected chi connectivity index (χ1v) is 6.38. The fourth-order valence-corrected chi connectivity index (χ4v) is 2.10. The maximum absolute atomic E-state index is 12.6. The molecule has 0 unspecified atom stereocenters. The van der Waals surface area contributed by atoms with E-state index in [1.54, 1.807) is 4.90 Å². The highest BCUT2D eigenvalue weighted by atomic mass is 19.4. The van der Waals surface area contributed by atoms with Gasteiger partial charge in [-0.05, 0) is 18.9 Å². The van der Waals surface area contributed by atoms with Crippen LogP contribution < -0.4 is 4.90 Å². The van der Waals surface area contributed by atoms with Crippen LogP contribution >= 0.6 is 0 Å². The molecule has 1 N–H and O–H groups in total. The minimum absolute atomic E-state index is 0.0308. The number of ether oxygens (including phenoxy) is 1. The zero-order valence-corrected chi connectivity index (χ0v) is 10.8. The molecule has 0 radical (unpaired) electrons. The van der Waals surface area contributed by atoms with Crippen molar-refractivity contribution in [1.29, 1.82) is 0 Å². The molecule has 112 valence electrons. The van der Waals surface area contributed by atoms with Crippen LogP contribution in [0, 0.1) is 0 Å². The van der Waals surface area contributed by atoms with E-state index >= 15 is 0 Å². The summed E-state index contributed by atoms with van der Waals surface area (Å²) in [6.07, 6.45) is -1.94. The summed E-state index contributed by atoms with van der Waals surface area (Å²) in [4.78, 5) is 9.18. The molecule has 0 atom stereocenters. The number of piperidine rings is 1. The second-order valence-electron chi connectivity index (χ2n) is 4.52. The first kappa shape index (κ1) is 15.0. The number of nitrogens with zero attached hydrogens (tertiary/aromatic N) is 3. The van der Waals surface area contributed by atoms with Crippen molar-refractivity contribution >= 4 is 5.95 Å². The van der Waals surface area contributed by atoms with Gasteiger partial charge in [0.25, 0.3) is 0 Å². The van der Waals surface area contributed by atoms with Gasteiger partial charge in [-0.3, -0.25) is 0 Å². The zero-order chi connectivity index (χ0) is 14.6. The standard InChI is InChI=1S/C12H16F3N3O2/c13-12(14,15)10-1-4-16-11(17-10)18-5-2-9(3-6-18)20-8-7-19/h1,4,9,19H,2-3,5-8H2. The van der Waals surface area contributed by atoms with E-state index in [0.29, 0.717) is 25.9 Å². The van der Waals surface area contributed by atoms with Crippen LogP contribution in [0.2, 0.25) is 0 Å². The van der Waals surface area contributed by atoms with Gasteiger partial charge < -0.3 is 14.7 Å². The van der Waals surface area contributed by atoms with Gasteiger partial charge >= 0.3 is 6.18 Å². The fraction of sp³-hybridized carbons (Fsp3) is 0.667. The molecule has 0 aliphatic carbocycles. The second-order valence-corrected chi connectivity index (χ2v) is 4.52. The van der Waals surface area contributed by atoms with Crippen molar-refractivity contribution in [2.45, 2.75) is 25.1 Å². The number of aliphatic hydroxyl groups is 1. The topological polar surface area (TPSA) is 58.5 Å². The molecular formula is C12H16F3N3O2. The Balaban J connectivity index is 1.97. The molecule has 2 rings (SSSR count). The molecule has 1 aliphatic rings. The van der Waals surface area contributed by atoms with Gasteiger partial charge in [-0.25, -0.2) is 9.97 Å². The number of halogens is 3. The monoisotopic (exact) mass is 291 g/mol. The number of alkyl halides is 3. The van der Waals surface area contributed by atoms with Crippen molar-refractivity contribution in [1.82, 2.24) is 9.97 Å². The van der Waals surface area contributed by atoms with Crippen molar-refractivity contribution in [2.24, 2.45) is 0 Å². The van der Waals surface area contributed by atoms with E-state index in [1.165, 1.54) is 0 Å². The highest BCUT2D eigenvalue weighted by Crippen LogP contribution is 2.28. The molecule has 2 heterocycles. The highest BCUT2D eigenvalue weighted by molar-refractivity contribution is 5.31. The molecule has 1 aliphatic heterocycles. The van der Waals surface area contributed by atoms with Crippen LogP contribution in [0.1, 0.15) is 18.5 Å². The number of hydrogen-bond acceptors (Lipinski definition) is 5. The molecule has 8 heteroatoms. The summed E-state index contributed by atoms with van der Waals surface area (Å²) in [6, 6.07) is 0.862. The lowest BCUT2D eigenvalue weighted by atomic mass is 10.1. The van der Waals surface area contributed by atoms with Crippen LogP contribution in [0.4, 0.5) is 19.1 Å². The van der Waals surface area contributed by atoms with E-state index < -0.39 is 11.9 Å². The van der Waals surface area contributed by atoms with E-state index in [2.05, 4.69) is 9.97 Å². The Morgan fingerprint density at radius 1 is 1.35 bits per heavy atom. The number of rotatable bonds is 4. The van der Waals surface area contributed by atoms with Crippen LogP contribution in [-0.2, 0) is 10.9 Å². The number of aliphatic hydroxyl groups excluding tert-OH is 1. The summed E-state index contributed by atoms with van der Waals surface area (Å²) < 4.78 is 43.1. The lowest BCUT2D eigenvalue weighted by Crippen LogP contribution is -2.38. The van der Waals surface area contributed by atoms with Crippen LogP contribution in [0.25, 0.3) is 0 Å². The van der Waals surface area contributed by atoms with E-state index in [1.807, 2.05) is 0 Å². The quantitative estimate of drug-likeness (QED) is 0.910. The van der Waals surface area contributed by atoms with Gasteiger partial charge in [-0.15, -0.1) is 0 Å². The summed E-state index contributed by atoms with van der Waals surface area (Å²) in [5.74, 6) is 0.0976. The van der Waals surface area contributed by atoms with Crippen LogP contribution in [0.15, 0.2) is 12.3 Å². The third kappa shape index (κ3) is 3.80. The summed E-state index contributed by atoms with van der Waals surface area (Å²) in [6.45, 7) is 1.33. The smallest absolute Gasteiger partial charge is 0.394 e. The average Bonchev–Trinajstić information content (AvgIpc) is 2.45. The first-order chi connectivity index (χ1) is 9.50. The fourth-order valence-electron chi connectivity index (χ4n) is 2.10. The first-order valence-electron chi connectivity index (χ1n) is 6.38. The van der Waals surface area contributed by atoms with Gasteiger partial charge in [0.05, 0.1) is 19.3 Å². The van der Waals surface area contributed by atoms with Crippen molar-refractivity contribution < 1.29 is 23.0 Å². The van der Waals surface area contributed by atoms with E-state index in [0.717, 1.165) is 12.3 Å². The molecule has 1 fully saturated rings. The van der Waals surface area contributed by atoms with Crippen LogP contribution in [0.5, 0.6) is 0 Å². The second kappa shape index (κ2) is 6.36. The van der Waals surface area contributed by atoms with Crippen LogP contribution in [-0.4, -0.2) is 47.5 Å². The Labute approximate surface area is 114 Å². The molecule has 0 bridgehead atoms. The molecule has 5 nitrogen and oxygen atoms in total. The molecule has 1 aromatic rings. The molecule has 20 heavy (non-hydrogen) atoms. The summed E-state index contributed by atoms with van der Waals surface area (Å²) >= 11 is 0. The van der Waals surface area contributed by atoms with E-state index in [9.17, 15) is 13.2 Å². The Bertz CT molecular complexity index is 434. The zero-order valence-electron chi connectivity index (χ0n) is 10.8. The minimum atomic E-state index is -4.46. The predicted molar refractivity (Wildman–Crippen MR) is 65.3 cm³/mol. The van der Waals surface area contributed by atoms with Crippen molar-refractivity contribution in [3.8, 4) is 0 Å². The maximum atomic E-state index is 12.6. The van der Waals surface area contributed by atoms with Crippen LogP contribution in [0.3, 0.4) is 0 Å². The molecular weight excluding hydrogens is 275 g/mol. The van der Waals surface area contributed by atoms with E-state index in [4.69, 9.17) is 9.84 Å². The molecule has 0 aromatic carbocycles. The molecule has 1 saturated heterocycles. The largest absolute Gasteiger partial charge is 0.433 e. The van der Waals surface area contributed by atoms with Gasteiger partial charge in [0, 0.05) is 19.3 Å². The van der Waals surface area contributed by atoms with Crippen molar-refractivity contribution in [2.75, 3.05) is 31.2 Å². The number of aromatic nitrogens is 2. The van der Waals surface area contributed by atoms with Gasteiger partial charge in [-0.2, -0.15) is 13.2 Å². The number of hydrogen-bond donors (Lipinski definition) is 1. The van der Waals surface area contributed by atoms with Gasteiger partial charge in [0.2, 0.25) is 5.95 Å². The minimum Gasteiger partial charge on any atom is -0.394 e. The van der Waals surface area contributed by atoms with Gasteiger partial charge in [0.15, 0.2) is 0 Å². The third-order valence-corrected chi connectivity index (χ3v) is 3.10. The summed E-state index contributed by atoms with van der Waals surface area (Å²) in [5, 5.41) is 8.67. The SMILES string of the molecule is OCCOC1CCN(c2nccc(C(F)(F)F)n2)CC1. The van der Waals surface area contributed by atoms with E-state index in [-0.39, 0.29) is 25.3 Å². The molecule has 0 saturated carbocycles. The van der Waals surface area contributed by atoms with Gasteiger partial charge in [0.1, 0.15) is 5.69 Å². The number of anilines is 1. The Hall–Kier alpha value is -1.41. The lowest BCUT2D eigenvalue weighted by Gasteiger charge is -2.31. The summed E-state index contributed by atoms with van der Waals surface area (Å²) in [5.41, 5.74) is -0.929. The third-order valence-electron chi connectivity index (χ3n) is 3.10. The normalized spacial score (nSPS) is 17.5. The van der Waals surface area contributed by atoms with Crippen molar-refractivity contribution in [3.05, 3.63) is 18.0 Å². The molecule has 0 spiro atoms. The molecule has 1 aromatic heterocycles. The average molecular weight is 291 g/mol. The Morgan fingerprint density at radius 3 is 2.65 bits per heavy atom. The molecule has 0 amide bonds. The highest BCUT2D eigenvalue weighted by Gasteiger charge is 2.33. The van der Waals surface area contributed by atoms with Crippen molar-refractivity contribution in [3.63, 3.8) is 0 Å².